The van der Waals surface area contributed by atoms with Gasteiger partial charge in [0.1, 0.15) is 29.4 Å². The average molecular weight is 652 g/mol. The molecule has 7 aromatic rings. The van der Waals surface area contributed by atoms with Gasteiger partial charge >= 0.3 is 0 Å². The van der Waals surface area contributed by atoms with Gasteiger partial charge in [-0.15, -0.1) is 10.9 Å². The third-order valence-electron chi connectivity index (χ3n) is 10.6. The Kier molecular flexibility index (Phi) is 6.00. The number of benzene rings is 6. The van der Waals surface area contributed by atoms with Gasteiger partial charge in [0.25, 0.3) is 0 Å². The number of imidazole rings is 1. The minimum absolute atomic E-state index is 0.0357. The molecule has 0 amide bonds. The number of hydrogen-bond acceptors (Lipinski definition) is 5. The summed E-state index contributed by atoms with van der Waals surface area (Å²) in [4.78, 5) is 5.07. The summed E-state index contributed by atoms with van der Waals surface area (Å²) in [5.74, 6) is -3.49. The lowest BCUT2D eigenvalue weighted by Crippen LogP contribution is -2.39. The zero-order valence-electron chi connectivity index (χ0n) is 26.9. The van der Waals surface area contributed by atoms with Crippen molar-refractivity contribution in [1.29, 1.82) is 0 Å². The van der Waals surface area contributed by atoms with E-state index in [0.717, 1.165) is 44.2 Å². The van der Waals surface area contributed by atoms with Crippen LogP contribution in [0.15, 0.2) is 131 Å². The zero-order valence-corrected chi connectivity index (χ0v) is 26.9. The van der Waals surface area contributed by atoms with E-state index >= 15 is 0 Å². The maximum Gasteiger partial charge on any atom is 0.204 e. The smallest absolute Gasteiger partial charge is 0.204 e. The number of aromatic hydroxyl groups is 4. The fraction of sp³-hybridized carbons (Fsp3) is 0.0238. The summed E-state index contributed by atoms with van der Waals surface area (Å²) in [7, 11) is 20.5. The Balaban J connectivity index is 1.45. The van der Waals surface area contributed by atoms with Crippen LogP contribution in [0.1, 0.15) is 11.4 Å². The Morgan fingerprint density at radius 2 is 1.14 bits per heavy atom. The SMILES string of the molecule is [B]C1=C([B])C2C(=C1[B])C(c1nc3ccccc3n1-c1ccccc1)=c1c(O)c(O)c(O)c(O)c1=C2c1ccc2c3c(cccc13)-c1ccccc1-2. The highest BCUT2D eigenvalue weighted by molar-refractivity contribution is 6.44. The van der Waals surface area contributed by atoms with Crippen LogP contribution in [0.25, 0.3) is 60.9 Å². The fourth-order valence-corrected chi connectivity index (χ4v) is 8.43. The molecule has 0 spiro atoms. The number of aromatic nitrogens is 2. The first-order chi connectivity index (χ1) is 24.8. The van der Waals surface area contributed by atoms with Crippen LogP contribution in [0.4, 0.5) is 0 Å². The first kappa shape index (κ1) is 29.6. The van der Waals surface area contributed by atoms with Crippen LogP contribution in [0, 0.1) is 5.92 Å². The van der Waals surface area contributed by atoms with E-state index in [9.17, 15) is 20.4 Å². The van der Waals surface area contributed by atoms with Gasteiger partial charge in [0.2, 0.25) is 11.5 Å². The molecule has 0 aliphatic heterocycles. The molecule has 4 N–H and O–H groups in total. The molecule has 51 heavy (non-hydrogen) atoms. The highest BCUT2D eigenvalue weighted by Crippen LogP contribution is 2.53. The lowest BCUT2D eigenvalue weighted by molar-refractivity contribution is 0.341. The molecule has 0 saturated carbocycles. The van der Waals surface area contributed by atoms with E-state index in [4.69, 9.17) is 28.5 Å². The van der Waals surface area contributed by atoms with Gasteiger partial charge in [0.15, 0.2) is 11.5 Å². The van der Waals surface area contributed by atoms with Crippen LogP contribution in [-0.2, 0) is 0 Å². The monoisotopic (exact) mass is 652 g/mol. The molecule has 0 saturated heterocycles. The van der Waals surface area contributed by atoms with Crippen LogP contribution in [0.3, 0.4) is 0 Å². The molecule has 1 atom stereocenters. The summed E-state index contributed by atoms with van der Waals surface area (Å²) < 4.78 is 1.93. The molecule has 3 aliphatic carbocycles. The van der Waals surface area contributed by atoms with E-state index in [0.29, 0.717) is 33.6 Å². The van der Waals surface area contributed by atoms with E-state index in [1.165, 1.54) is 0 Å². The molecular weight excluding hydrogens is 629 g/mol. The minimum atomic E-state index is -0.883. The average Bonchev–Trinajstić information content (AvgIpc) is 3.78. The van der Waals surface area contributed by atoms with Crippen LogP contribution in [0.2, 0.25) is 0 Å². The maximum atomic E-state index is 11.9. The summed E-state index contributed by atoms with van der Waals surface area (Å²) in [5, 5.41) is 48.1. The fourth-order valence-electron chi connectivity index (χ4n) is 8.43. The second kappa shape index (κ2) is 10.3. The molecule has 6 aromatic carbocycles. The van der Waals surface area contributed by atoms with E-state index < -0.39 is 28.9 Å². The van der Waals surface area contributed by atoms with Crippen molar-refractivity contribution in [2.45, 2.75) is 0 Å². The number of phenols is 4. The summed E-state index contributed by atoms with van der Waals surface area (Å²) in [6, 6.07) is 35.5. The molecule has 10 rings (SSSR count). The van der Waals surface area contributed by atoms with Crippen molar-refractivity contribution in [3.63, 3.8) is 0 Å². The second-order valence-electron chi connectivity index (χ2n) is 13.1. The van der Waals surface area contributed by atoms with E-state index in [1.807, 2.05) is 95.6 Å². The molecule has 1 aromatic heterocycles. The van der Waals surface area contributed by atoms with Crippen molar-refractivity contribution in [3.8, 4) is 50.9 Å². The number of allylic oxidation sites excluding steroid dienone is 4. The van der Waals surface area contributed by atoms with Gasteiger partial charge in [-0.3, -0.25) is 4.57 Å². The third-order valence-corrected chi connectivity index (χ3v) is 10.6. The lowest BCUT2D eigenvalue weighted by Gasteiger charge is -2.30. The van der Waals surface area contributed by atoms with Gasteiger partial charge in [0.05, 0.1) is 11.0 Å². The van der Waals surface area contributed by atoms with E-state index in [1.54, 1.807) is 0 Å². The third kappa shape index (κ3) is 3.72. The van der Waals surface area contributed by atoms with Crippen LogP contribution >= 0.6 is 0 Å². The lowest BCUT2D eigenvalue weighted by atomic mass is 9.68. The van der Waals surface area contributed by atoms with Gasteiger partial charge in [-0.2, -0.15) is 0 Å². The maximum absolute atomic E-state index is 11.9. The van der Waals surface area contributed by atoms with E-state index in [-0.39, 0.29) is 26.9 Å². The number of rotatable bonds is 3. The Labute approximate surface area is 295 Å². The zero-order chi connectivity index (χ0) is 34.9. The Bertz CT molecular complexity index is 2920. The predicted octanol–water partition coefficient (Wildman–Crippen LogP) is 5.66. The molecule has 6 nitrogen and oxygen atoms in total. The molecule has 0 fully saturated rings. The van der Waals surface area contributed by atoms with Crippen LogP contribution in [0.5, 0.6) is 23.0 Å². The van der Waals surface area contributed by atoms with Crippen molar-refractivity contribution < 1.29 is 20.4 Å². The molecular formula is C42H23B3N2O4. The van der Waals surface area contributed by atoms with Crippen LogP contribution in [-0.4, -0.2) is 53.5 Å². The highest BCUT2D eigenvalue weighted by atomic mass is 16.3. The molecule has 3 aliphatic rings. The number of phenolic OH excluding ortho intramolecular Hbond substituents is 4. The Morgan fingerprint density at radius 3 is 1.88 bits per heavy atom. The standard InChI is InChI=1S/C42H23B3N2O4/c43-35-30-29(25-18-17-24-21-12-5-4-11-20(21)22-13-8-14-23(25)28(22)24)32-33(39(49)41(51)40(50)38(32)48)34(31(30)36(44)37(35)45)42-46-26-15-6-7-16-27(26)47(42)19-9-2-1-3-10-19/h1-18,30,48-51H. The highest BCUT2D eigenvalue weighted by Gasteiger charge is 2.40. The van der Waals surface area contributed by atoms with Gasteiger partial charge in [0, 0.05) is 27.6 Å². The quantitative estimate of drug-likeness (QED) is 0.112. The normalized spacial score (nSPS) is 16.0. The van der Waals surface area contributed by atoms with E-state index in [2.05, 4.69) is 18.2 Å². The summed E-state index contributed by atoms with van der Waals surface area (Å²) >= 11 is 0. The Morgan fingerprint density at radius 1 is 0.529 bits per heavy atom. The number of fused-ring (bicyclic) bond motifs is 6. The van der Waals surface area contributed by atoms with Gasteiger partial charge in [-0.1, -0.05) is 90.4 Å². The number of nitrogens with zero attached hydrogens (tertiary/aromatic N) is 2. The van der Waals surface area contributed by atoms with Crippen molar-refractivity contribution >= 4 is 56.5 Å². The summed E-state index contributed by atoms with van der Waals surface area (Å²) in [6.45, 7) is 0. The molecule has 1 heterocycles. The molecule has 9 heteroatoms. The molecule has 0 bridgehead atoms. The van der Waals surface area contributed by atoms with Crippen molar-refractivity contribution in [2.24, 2.45) is 5.92 Å². The summed E-state index contributed by atoms with van der Waals surface area (Å²) in [5.41, 5.74) is 9.05. The number of hydrogen-bond donors (Lipinski definition) is 4. The Hall–Kier alpha value is -6.34. The number of para-hydroxylation sites is 3. The van der Waals surface area contributed by atoms with Gasteiger partial charge < -0.3 is 20.4 Å². The summed E-state index contributed by atoms with van der Waals surface area (Å²) in [6.07, 6.45) is 0. The topological polar surface area (TPSA) is 98.7 Å². The van der Waals surface area contributed by atoms with Crippen molar-refractivity contribution in [1.82, 2.24) is 9.55 Å². The van der Waals surface area contributed by atoms with Crippen molar-refractivity contribution in [3.05, 3.63) is 153 Å². The van der Waals surface area contributed by atoms with Crippen molar-refractivity contribution in [2.75, 3.05) is 0 Å². The molecule has 6 radical (unpaired) electrons. The first-order valence-electron chi connectivity index (χ1n) is 16.5. The van der Waals surface area contributed by atoms with Crippen LogP contribution < -0.4 is 10.4 Å². The van der Waals surface area contributed by atoms with Gasteiger partial charge in [-0.25, -0.2) is 4.98 Å². The first-order valence-corrected chi connectivity index (χ1v) is 16.5. The second-order valence-corrected chi connectivity index (χ2v) is 13.1. The van der Waals surface area contributed by atoms with Gasteiger partial charge in [-0.05, 0) is 74.0 Å². The molecule has 234 valence electrons. The predicted molar refractivity (Wildman–Crippen MR) is 202 cm³/mol. The minimum Gasteiger partial charge on any atom is -0.504 e. The molecule has 1 unspecified atom stereocenters. The largest absolute Gasteiger partial charge is 0.504 e.